The number of imidazole rings is 1. The molecule has 26 heavy (non-hydrogen) atoms. The number of aromatic carboxylic acids is 1. The summed E-state index contributed by atoms with van der Waals surface area (Å²) in [5.74, 6) is -0.412. The highest BCUT2D eigenvalue weighted by atomic mass is 16.4. The van der Waals surface area contributed by atoms with Crippen LogP contribution < -0.4 is 5.69 Å². The molecule has 0 saturated carbocycles. The van der Waals surface area contributed by atoms with E-state index in [1.54, 1.807) is 36.7 Å². The summed E-state index contributed by atoms with van der Waals surface area (Å²) in [5.41, 5.74) is 2.68. The number of carbonyl (C=O) groups is 1. The molecule has 8 nitrogen and oxygen atoms in total. The van der Waals surface area contributed by atoms with Crippen LogP contribution in [-0.4, -0.2) is 34.8 Å². The van der Waals surface area contributed by atoms with Crippen molar-refractivity contribution >= 4 is 11.6 Å². The molecule has 0 saturated heterocycles. The van der Waals surface area contributed by atoms with E-state index in [4.69, 9.17) is 0 Å². The van der Waals surface area contributed by atoms with Crippen LogP contribution in [0.2, 0.25) is 0 Å². The predicted molar refractivity (Wildman–Crippen MR) is 94.7 cm³/mol. The molecule has 0 atom stereocenters. The van der Waals surface area contributed by atoms with Gasteiger partial charge >= 0.3 is 11.7 Å². The number of benzene rings is 1. The van der Waals surface area contributed by atoms with Gasteiger partial charge in [0.05, 0.1) is 11.4 Å². The lowest BCUT2D eigenvalue weighted by Gasteiger charge is -2.03. The van der Waals surface area contributed by atoms with Crippen molar-refractivity contribution in [3.8, 4) is 16.9 Å². The van der Waals surface area contributed by atoms with Crippen LogP contribution in [0, 0.1) is 6.92 Å². The van der Waals surface area contributed by atoms with E-state index in [1.807, 2.05) is 24.3 Å². The average molecular weight is 349 g/mol. The zero-order valence-electron chi connectivity index (χ0n) is 14.1. The van der Waals surface area contributed by atoms with Crippen LogP contribution in [0.25, 0.3) is 22.6 Å². The highest BCUT2D eigenvalue weighted by molar-refractivity contribution is 5.87. The van der Waals surface area contributed by atoms with Gasteiger partial charge in [-0.2, -0.15) is 5.10 Å². The molecular formula is C18H15N5O3. The van der Waals surface area contributed by atoms with Crippen molar-refractivity contribution in [2.45, 2.75) is 6.92 Å². The van der Waals surface area contributed by atoms with E-state index in [2.05, 4.69) is 10.1 Å². The van der Waals surface area contributed by atoms with Crippen LogP contribution in [-0.2, 0) is 7.05 Å². The fourth-order valence-corrected chi connectivity index (χ4v) is 2.99. The second-order valence-corrected chi connectivity index (χ2v) is 5.91. The molecule has 0 spiro atoms. The summed E-state index contributed by atoms with van der Waals surface area (Å²) in [6, 6.07) is 12.3. The highest BCUT2D eigenvalue weighted by Gasteiger charge is 2.13. The maximum absolute atomic E-state index is 12.2. The zero-order chi connectivity index (χ0) is 18.4. The smallest absolute Gasteiger partial charge is 0.352 e. The van der Waals surface area contributed by atoms with Crippen molar-refractivity contribution in [2.24, 2.45) is 7.05 Å². The quantitative estimate of drug-likeness (QED) is 0.609. The minimum absolute atomic E-state index is 0.149. The van der Waals surface area contributed by atoms with Gasteiger partial charge in [-0.3, -0.25) is 4.40 Å². The van der Waals surface area contributed by atoms with E-state index in [1.165, 1.54) is 15.3 Å². The predicted octanol–water partition coefficient (Wildman–Crippen LogP) is 1.89. The highest BCUT2D eigenvalue weighted by Crippen LogP contribution is 2.22. The lowest BCUT2D eigenvalue weighted by molar-refractivity contribution is 0.0689. The zero-order valence-corrected chi connectivity index (χ0v) is 14.1. The minimum Gasteiger partial charge on any atom is -0.477 e. The Labute approximate surface area is 147 Å². The normalized spacial score (nSPS) is 11.2. The molecule has 1 aromatic carbocycles. The molecule has 3 heterocycles. The molecule has 4 rings (SSSR count). The van der Waals surface area contributed by atoms with E-state index in [9.17, 15) is 14.7 Å². The van der Waals surface area contributed by atoms with Crippen molar-refractivity contribution in [2.75, 3.05) is 0 Å². The molecule has 0 radical (unpaired) electrons. The van der Waals surface area contributed by atoms with Crippen molar-refractivity contribution in [1.82, 2.24) is 23.7 Å². The molecule has 0 aliphatic carbocycles. The fourth-order valence-electron chi connectivity index (χ4n) is 2.99. The van der Waals surface area contributed by atoms with Gasteiger partial charge in [-0.15, -0.1) is 0 Å². The molecule has 1 N–H and O–H groups in total. The largest absolute Gasteiger partial charge is 0.477 e. The van der Waals surface area contributed by atoms with Crippen molar-refractivity contribution in [1.29, 1.82) is 0 Å². The number of aryl methyl sites for hydroxylation is 2. The molecule has 130 valence electrons. The molecule has 0 amide bonds. The summed E-state index contributed by atoms with van der Waals surface area (Å²) < 4.78 is 4.36. The van der Waals surface area contributed by atoms with Gasteiger partial charge < -0.3 is 5.11 Å². The first-order chi connectivity index (χ1) is 12.5. The maximum Gasteiger partial charge on any atom is 0.352 e. The van der Waals surface area contributed by atoms with Crippen molar-refractivity contribution in [3.63, 3.8) is 0 Å². The van der Waals surface area contributed by atoms with E-state index >= 15 is 0 Å². The molecule has 0 bridgehead atoms. The Bertz CT molecular complexity index is 1200. The van der Waals surface area contributed by atoms with Gasteiger partial charge in [-0.25, -0.2) is 23.8 Å². The summed E-state index contributed by atoms with van der Waals surface area (Å²) in [6.45, 7) is 1.77. The van der Waals surface area contributed by atoms with Crippen LogP contribution in [0.1, 0.15) is 16.3 Å². The summed E-state index contributed by atoms with van der Waals surface area (Å²) in [4.78, 5) is 28.0. The molecule has 4 aromatic rings. The van der Waals surface area contributed by atoms with Crippen molar-refractivity contribution < 1.29 is 9.90 Å². The lowest BCUT2D eigenvalue weighted by Crippen LogP contribution is -2.21. The van der Waals surface area contributed by atoms with Gasteiger partial charge in [0.15, 0.2) is 0 Å². The topological polar surface area (TPSA) is 94.4 Å². The number of aromatic nitrogens is 5. The van der Waals surface area contributed by atoms with Gasteiger partial charge in [0, 0.05) is 18.8 Å². The standard InChI is InChI=1S/C18H15N5O3/c1-11-20-21(2)18(26)23(11)13-8-6-12(7-9-13)14-10-22-15(17(24)25)4-3-5-16(22)19-14/h3-10H,1-2H3,(H,24,25). The number of rotatable bonds is 3. The van der Waals surface area contributed by atoms with Crippen LogP contribution in [0.15, 0.2) is 53.5 Å². The lowest BCUT2D eigenvalue weighted by atomic mass is 10.1. The maximum atomic E-state index is 12.2. The van der Waals surface area contributed by atoms with E-state index < -0.39 is 5.97 Å². The average Bonchev–Trinajstić information content (AvgIpc) is 3.16. The summed E-state index contributed by atoms with van der Waals surface area (Å²) >= 11 is 0. The van der Waals surface area contributed by atoms with Gasteiger partial charge in [0.25, 0.3) is 0 Å². The Morgan fingerprint density at radius 1 is 1.12 bits per heavy atom. The molecule has 0 aliphatic heterocycles. The third-order valence-electron chi connectivity index (χ3n) is 4.22. The van der Waals surface area contributed by atoms with E-state index in [0.717, 1.165) is 5.56 Å². The molecular weight excluding hydrogens is 334 g/mol. The Balaban J connectivity index is 1.78. The number of nitrogens with zero attached hydrogens (tertiary/aromatic N) is 5. The minimum atomic E-state index is -1.01. The van der Waals surface area contributed by atoms with E-state index in [-0.39, 0.29) is 11.4 Å². The Kier molecular flexibility index (Phi) is 3.47. The number of carboxylic acids is 1. The Morgan fingerprint density at radius 3 is 2.46 bits per heavy atom. The molecule has 0 unspecified atom stereocenters. The Morgan fingerprint density at radius 2 is 1.85 bits per heavy atom. The van der Waals surface area contributed by atoms with Gasteiger partial charge in [0.2, 0.25) is 0 Å². The summed E-state index contributed by atoms with van der Waals surface area (Å²) in [6.07, 6.45) is 1.69. The second-order valence-electron chi connectivity index (χ2n) is 5.91. The number of carboxylic acid groups (broad SMARTS) is 1. The van der Waals surface area contributed by atoms with E-state index in [0.29, 0.717) is 22.9 Å². The van der Waals surface area contributed by atoms with Crippen LogP contribution >= 0.6 is 0 Å². The third kappa shape index (κ3) is 2.39. The molecule has 0 aliphatic rings. The molecule has 0 fully saturated rings. The number of fused-ring (bicyclic) bond motifs is 1. The van der Waals surface area contributed by atoms with Gasteiger partial charge in [0.1, 0.15) is 17.2 Å². The SMILES string of the molecule is Cc1nn(C)c(=O)n1-c1ccc(-c2cn3c(C(=O)O)cccc3n2)cc1. The summed E-state index contributed by atoms with van der Waals surface area (Å²) in [5, 5.41) is 13.4. The third-order valence-corrected chi connectivity index (χ3v) is 4.22. The number of hydrogen-bond acceptors (Lipinski definition) is 4. The van der Waals surface area contributed by atoms with Crippen LogP contribution in [0.3, 0.4) is 0 Å². The number of hydrogen-bond donors (Lipinski definition) is 1. The number of pyridine rings is 1. The molecule has 3 aromatic heterocycles. The van der Waals surface area contributed by atoms with Gasteiger partial charge in [-0.05, 0) is 31.2 Å². The van der Waals surface area contributed by atoms with Crippen LogP contribution in [0.5, 0.6) is 0 Å². The molecule has 8 heteroatoms. The first-order valence-corrected chi connectivity index (χ1v) is 7.90. The van der Waals surface area contributed by atoms with Crippen LogP contribution in [0.4, 0.5) is 0 Å². The first-order valence-electron chi connectivity index (χ1n) is 7.90. The second kappa shape index (κ2) is 5.69. The van der Waals surface area contributed by atoms with Crippen molar-refractivity contribution in [3.05, 3.63) is 70.7 Å². The fraction of sp³-hybridized carbons (Fsp3) is 0.111. The summed E-state index contributed by atoms with van der Waals surface area (Å²) in [7, 11) is 1.61. The first kappa shape index (κ1) is 15.8. The van der Waals surface area contributed by atoms with Gasteiger partial charge in [-0.1, -0.05) is 18.2 Å². The monoisotopic (exact) mass is 349 g/mol. The Hall–Kier alpha value is -3.68.